The lowest BCUT2D eigenvalue weighted by Crippen LogP contribution is -2.39. The van der Waals surface area contributed by atoms with Gasteiger partial charge in [-0.25, -0.2) is 4.79 Å². The van der Waals surface area contributed by atoms with Gasteiger partial charge in [0.05, 0.1) is 6.04 Å². The number of nitrogens with zero attached hydrogens (tertiary/aromatic N) is 1. The quantitative estimate of drug-likeness (QED) is 0.579. The summed E-state index contributed by atoms with van der Waals surface area (Å²) in [6.07, 6.45) is 2.79. The highest BCUT2D eigenvalue weighted by Crippen LogP contribution is 2.27. The van der Waals surface area contributed by atoms with Crippen LogP contribution in [-0.4, -0.2) is 29.3 Å². The van der Waals surface area contributed by atoms with Crippen LogP contribution in [0.1, 0.15) is 33.5 Å². The third-order valence-electron chi connectivity index (χ3n) is 5.89. The Balaban J connectivity index is 1.22. The van der Waals surface area contributed by atoms with Gasteiger partial charge in [0, 0.05) is 36.3 Å². The number of thiophene rings is 1. The molecular formula is C25H23N3O2S. The number of rotatable bonds is 4. The number of urea groups is 1. The van der Waals surface area contributed by atoms with Gasteiger partial charge in [-0.2, -0.15) is 11.3 Å². The first kappa shape index (κ1) is 19.7. The maximum atomic E-state index is 12.7. The van der Waals surface area contributed by atoms with E-state index in [0.29, 0.717) is 26.1 Å². The molecule has 0 radical (unpaired) electrons. The number of fused-ring (bicyclic) bond motifs is 1. The molecule has 0 fully saturated rings. The lowest BCUT2D eigenvalue weighted by molar-refractivity contribution is 0.0945. The van der Waals surface area contributed by atoms with Crippen LogP contribution in [0.2, 0.25) is 0 Å². The number of anilines is 1. The van der Waals surface area contributed by atoms with Crippen molar-refractivity contribution in [2.24, 2.45) is 0 Å². The van der Waals surface area contributed by atoms with E-state index in [-0.39, 0.29) is 17.9 Å². The minimum Gasteiger partial charge on any atom is -0.316 e. The van der Waals surface area contributed by atoms with Gasteiger partial charge >= 0.3 is 6.03 Å². The molecule has 2 aliphatic rings. The number of carbonyl (C=O) groups is 2. The molecule has 2 aromatic carbocycles. The van der Waals surface area contributed by atoms with Crippen LogP contribution >= 0.6 is 11.3 Å². The molecule has 3 aromatic rings. The molecule has 6 heteroatoms. The average Bonchev–Trinajstić information content (AvgIpc) is 3.49. The lowest BCUT2D eigenvalue weighted by atomic mass is 9.92. The second-order valence-corrected chi connectivity index (χ2v) is 8.68. The van der Waals surface area contributed by atoms with Crippen molar-refractivity contribution < 1.29 is 9.59 Å². The average molecular weight is 430 g/mol. The van der Waals surface area contributed by atoms with Crippen LogP contribution in [0.5, 0.6) is 0 Å². The molecule has 2 N–H and O–H groups in total. The van der Waals surface area contributed by atoms with Gasteiger partial charge in [-0.1, -0.05) is 42.5 Å². The van der Waals surface area contributed by atoms with Gasteiger partial charge in [-0.05, 0) is 52.3 Å². The normalized spacial score (nSPS) is 17.7. The zero-order valence-electron chi connectivity index (χ0n) is 17.0. The minimum atomic E-state index is -0.203. The summed E-state index contributed by atoms with van der Waals surface area (Å²) in [4.78, 5) is 27.2. The fraction of sp³-hybridized carbons (Fsp3) is 0.200. The highest BCUT2D eigenvalue weighted by Gasteiger charge is 2.25. The fourth-order valence-electron chi connectivity index (χ4n) is 4.17. The summed E-state index contributed by atoms with van der Waals surface area (Å²) in [5.74, 6) is 0.141. The molecule has 0 aliphatic carbocycles. The van der Waals surface area contributed by atoms with E-state index in [9.17, 15) is 9.59 Å². The number of amides is 2. The number of ketones is 1. The first-order valence-corrected chi connectivity index (χ1v) is 11.3. The molecule has 5 nitrogen and oxygen atoms in total. The summed E-state index contributed by atoms with van der Waals surface area (Å²) in [7, 11) is 0. The highest BCUT2D eigenvalue weighted by atomic mass is 32.1. The Labute approximate surface area is 185 Å². The number of carbonyl (C=O) groups excluding carboxylic acids is 2. The molecule has 1 aromatic heterocycles. The molecule has 156 valence electrons. The van der Waals surface area contributed by atoms with E-state index in [1.807, 2.05) is 58.1 Å². The van der Waals surface area contributed by atoms with Crippen molar-refractivity contribution in [2.45, 2.75) is 25.6 Å². The van der Waals surface area contributed by atoms with Gasteiger partial charge in [0.25, 0.3) is 0 Å². The molecule has 3 heterocycles. The molecule has 5 rings (SSSR count). The molecule has 0 saturated heterocycles. The van der Waals surface area contributed by atoms with Crippen LogP contribution in [0.4, 0.5) is 10.5 Å². The predicted molar refractivity (Wildman–Crippen MR) is 124 cm³/mol. The largest absolute Gasteiger partial charge is 0.322 e. The number of hydrogen-bond acceptors (Lipinski definition) is 4. The van der Waals surface area contributed by atoms with Crippen molar-refractivity contribution >= 4 is 34.4 Å². The molecule has 2 amide bonds. The summed E-state index contributed by atoms with van der Waals surface area (Å²) >= 11 is 1.54. The molecule has 0 saturated carbocycles. The van der Waals surface area contributed by atoms with Gasteiger partial charge < -0.3 is 15.5 Å². The van der Waals surface area contributed by atoms with E-state index in [1.54, 1.807) is 0 Å². The maximum Gasteiger partial charge on any atom is 0.322 e. The number of benzene rings is 2. The topological polar surface area (TPSA) is 61.4 Å². The number of Topliss-reactive ketones (excluding diaryl/α,β-unsaturated/α-hetero) is 1. The third kappa shape index (κ3) is 4.17. The van der Waals surface area contributed by atoms with Crippen LogP contribution in [0.15, 0.2) is 71.4 Å². The Kier molecular flexibility index (Phi) is 5.40. The first-order chi connectivity index (χ1) is 15.2. The van der Waals surface area contributed by atoms with E-state index in [4.69, 9.17) is 0 Å². The molecule has 2 aliphatic heterocycles. The van der Waals surface area contributed by atoms with E-state index in [1.165, 1.54) is 22.5 Å². The third-order valence-corrected chi connectivity index (χ3v) is 6.58. The highest BCUT2D eigenvalue weighted by molar-refractivity contribution is 7.08. The van der Waals surface area contributed by atoms with Crippen LogP contribution in [-0.2, 0) is 13.1 Å². The Hall–Kier alpha value is -3.22. The summed E-state index contributed by atoms with van der Waals surface area (Å²) in [6.45, 7) is 1.95. The zero-order chi connectivity index (χ0) is 21.2. The van der Waals surface area contributed by atoms with Crippen LogP contribution < -0.4 is 10.6 Å². The van der Waals surface area contributed by atoms with Crippen LogP contribution in [0.25, 0.3) is 5.57 Å². The molecule has 31 heavy (non-hydrogen) atoms. The summed E-state index contributed by atoms with van der Waals surface area (Å²) < 4.78 is 0. The van der Waals surface area contributed by atoms with Gasteiger partial charge in [-0.3, -0.25) is 4.79 Å². The van der Waals surface area contributed by atoms with Crippen molar-refractivity contribution in [1.29, 1.82) is 0 Å². The van der Waals surface area contributed by atoms with E-state index in [2.05, 4.69) is 28.8 Å². The van der Waals surface area contributed by atoms with Crippen LogP contribution in [0.3, 0.4) is 0 Å². The van der Waals surface area contributed by atoms with Gasteiger partial charge in [0.2, 0.25) is 0 Å². The standard InChI is InChI=1S/C25H23N3O2S/c29-24(21-10-12-31-16-21)23-13-18(9-11-26-23)17-5-7-22(8-6-17)27-25(30)28-14-19-3-1-2-4-20(19)15-28/h1-10,12,16,23,26H,11,13-15H2,(H,27,30). The van der Waals surface area contributed by atoms with E-state index in [0.717, 1.165) is 22.4 Å². The smallest absolute Gasteiger partial charge is 0.316 e. The van der Waals surface area contributed by atoms with Crippen molar-refractivity contribution in [3.05, 3.63) is 93.7 Å². The SMILES string of the molecule is O=C(c1ccsc1)C1CC(c2ccc(NC(=O)N3Cc4ccccc4C3)cc2)=CCN1. The van der Waals surface area contributed by atoms with Crippen molar-refractivity contribution in [3.8, 4) is 0 Å². The van der Waals surface area contributed by atoms with E-state index >= 15 is 0 Å². The second kappa shape index (κ2) is 8.49. The van der Waals surface area contributed by atoms with Crippen molar-refractivity contribution in [2.75, 3.05) is 11.9 Å². The first-order valence-electron chi connectivity index (χ1n) is 10.4. The van der Waals surface area contributed by atoms with Crippen molar-refractivity contribution in [1.82, 2.24) is 10.2 Å². The molecular weight excluding hydrogens is 406 g/mol. The molecule has 0 spiro atoms. The minimum absolute atomic E-state index is 0.0912. The van der Waals surface area contributed by atoms with E-state index < -0.39 is 0 Å². The van der Waals surface area contributed by atoms with Gasteiger partial charge in [0.1, 0.15) is 0 Å². The maximum absolute atomic E-state index is 12.7. The Morgan fingerprint density at radius 1 is 1.00 bits per heavy atom. The number of hydrogen-bond donors (Lipinski definition) is 2. The lowest BCUT2D eigenvalue weighted by Gasteiger charge is -2.23. The summed E-state index contributed by atoms with van der Waals surface area (Å²) in [6, 6.07) is 17.6. The second-order valence-electron chi connectivity index (χ2n) is 7.90. The van der Waals surface area contributed by atoms with Crippen LogP contribution in [0, 0.1) is 0 Å². The Morgan fingerprint density at radius 2 is 1.74 bits per heavy atom. The fourth-order valence-corrected chi connectivity index (χ4v) is 4.82. The molecule has 0 bridgehead atoms. The van der Waals surface area contributed by atoms with Gasteiger partial charge in [0.15, 0.2) is 5.78 Å². The Bertz CT molecular complexity index is 1110. The zero-order valence-corrected chi connectivity index (χ0v) is 17.8. The Morgan fingerprint density at radius 3 is 2.42 bits per heavy atom. The number of nitrogens with one attached hydrogen (secondary N) is 2. The van der Waals surface area contributed by atoms with Crippen molar-refractivity contribution in [3.63, 3.8) is 0 Å². The molecule has 1 atom stereocenters. The monoisotopic (exact) mass is 429 g/mol. The predicted octanol–water partition coefficient (Wildman–Crippen LogP) is 4.92. The van der Waals surface area contributed by atoms with Gasteiger partial charge in [-0.15, -0.1) is 0 Å². The summed E-state index contributed by atoms with van der Waals surface area (Å²) in [5.41, 5.74) is 6.18. The molecule has 1 unspecified atom stereocenters. The summed E-state index contributed by atoms with van der Waals surface area (Å²) in [5, 5.41) is 10.1.